The van der Waals surface area contributed by atoms with Crippen LogP contribution in [-0.2, 0) is 11.2 Å². The van der Waals surface area contributed by atoms with Gasteiger partial charge in [0.1, 0.15) is 5.56 Å². The molecule has 1 aliphatic heterocycles. The molecule has 29 heavy (non-hydrogen) atoms. The van der Waals surface area contributed by atoms with E-state index >= 15 is 0 Å². The fourth-order valence-electron chi connectivity index (χ4n) is 3.02. The van der Waals surface area contributed by atoms with E-state index in [9.17, 15) is 9.59 Å². The fraction of sp³-hybridized carbons (Fsp3) is 0.368. The number of hydrogen-bond donors (Lipinski definition) is 1. The van der Waals surface area contributed by atoms with Crippen LogP contribution in [0.4, 0.5) is 5.13 Å². The van der Waals surface area contributed by atoms with Crippen molar-refractivity contribution in [3.8, 4) is 0 Å². The second kappa shape index (κ2) is 8.93. The largest absolute Gasteiger partial charge is 0.378 e. The van der Waals surface area contributed by atoms with E-state index in [0.29, 0.717) is 36.3 Å². The molecular formula is C19H21N5O3S2. The molecule has 0 aliphatic carbocycles. The van der Waals surface area contributed by atoms with E-state index in [1.165, 1.54) is 26.9 Å². The van der Waals surface area contributed by atoms with Crippen molar-refractivity contribution in [3.05, 3.63) is 51.9 Å². The molecule has 3 heterocycles. The Balaban J connectivity index is 1.44. The first-order chi connectivity index (χ1) is 14.2. The van der Waals surface area contributed by atoms with E-state index in [2.05, 4.69) is 32.4 Å². The van der Waals surface area contributed by atoms with Gasteiger partial charge >= 0.3 is 0 Å². The number of benzene rings is 1. The number of rotatable bonds is 6. The van der Waals surface area contributed by atoms with Crippen LogP contribution in [0.5, 0.6) is 0 Å². The molecule has 0 saturated carbocycles. The molecule has 3 aromatic rings. The topological polar surface area (TPSA) is 88.8 Å². The Morgan fingerprint density at radius 1 is 1.28 bits per heavy atom. The van der Waals surface area contributed by atoms with E-state index < -0.39 is 11.5 Å². The number of carbonyl (C=O) groups is 1. The summed E-state index contributed by atoms with van der Waals surface area (Å²) in [4.78, 5) is 33.2. The Labute approximate surface area is 175 Å². The van der Waals surface area contributed by atoms with Crippen LogP contribution < -0.4 is 15.8 Å². The molecule has 1 aliphatic rings. The van der Waals surface area contributed by atoms with Crippen molar-refractivity contribution in [1.29, 1.82) is 0 Å². The summed E-state index contributed by atoms with van der Waals surface area (Å²) in [6, 6.07) is 8.20. The number of aromatic nitrogens is 3. The van der Waals surface area contributed by atoms with Crippen LogP contribution in [0.25, 0.3) is 4.96 Å². The van der Waals surface area contributed by atoms with E-state index in [1.807, 2.05) is 18.4 Å². The molecule has 1 saturated heterocycles. The van der Waals surface area contributed by atoms with Gasteiger partial charge in [-0.3, -0.25) is 9.59 Å². The maximum absolute atomic E-state index is 12.7. The molecule has 1 fully saturated rings. The highest BCUT2D eigenvalue weighted by molar-refractivity contribution is 7.98. The highest BCUT2D eigenvalue weighted by Gasteiger charge is 2.19. The number of anilines is 1. The first-order valence-corrected chi connectivity index (χ1v) is 11.3. The van der Waals surface area contributed by atoms with Gasteiger partial charge in [0.2, 0.25) is 10.1 Å². The number of nitrogens with zero attached hydrogens (tertiary/aromatic N) is 4. The van der Waals surface area contributed by atoms with E-state index in [4.69, 9.17) is 4.74 Å². The number of morpholine rings is 1. The third-order valence-corrected chi connectivity index (χ3v) is 6.39. The number of hydrogen-bond acceptors (Lipinski definition) is 8. The van der Waals surface area contributed by atoms with Crippen LogP contribution in [0.1, 0.15) is 15.9 Å². The van der Waals surface area contributed by atoms with E-state index in [1.54, 1.807) is 11.8 Å². The van der Waals surface area contributed by atoms with Crippen molar-refractivity contribution in [2.75, 3.05) is 44.0 Å². The van der Waals surface area contributed by atoms with Gasteiger partial charge in [0.05, 0.1) is 13.2 Å². The SMILES string of the molecule is CSc1ccc(CCNC(=O)c2cnc3sc(N4CCOCC4)nn3c2=O)cc1. The smallest absolute Gasteiger partial charge is 0.288 e. The van der Waals surface area contributed by atoms with Crippen LogP contribution in [0.2, 0.25) is 0 Å². The summed E-state index contributed by atoms with van der Waals surface area (Å²) in [6.45, 7) is 3.15. The molecular weight excluding hydrogens is 410 g/mol. The van der Waals surface area contributed by atoms with Crippen molar-refractivity contribution >= 4 is 39.1 Å². The minimum Gasteiger partial charge on any atom is -0.378 e. The first kappa shape index (κ1) is 19.9. The third kappa shape index (κ3) is 4.44. The summed E-state index contributed by atoms with van der Waals surface area (Å²) in [5, 5.41) is 7.89. The lowest BCUT2D eigenvalue weighted by Gasteiger charge is -2.25. The average molecular weight is 432 g/mol. The van der Waals surface area contributed by atoms with Gasteiger partial charge in [-0.15, -0.1) is 16.9 Å². The molecule has 4 rings (SSSR count). The zero-order valence-corrected chi connectivity index (χ0v) is 17.6. The van der Waals surface area contributed by atoms with Crippen molar-refractivity contribution in [3.63, 3.8) is 0 Å². The average Bonchev–Trinajstić information content (AvgIpc) is 3.20. The Bertz CT molecular complexity index is 1060. The van der Waals surface area contributed by atoms with Crippen LogP contribution >= 0.6 is 23.1 Å². The highest BCUT2D eigenvalue weighted by Crippen LogP contribution is 2.22. The Morgan fingerprint density at radius 3 is 2.76 bits per heavy atom. The highest BCUT2D eigenvalue weighted by atomic mass is 32.2. The van der Waals surface area contributed by atoms with Gasteiger partial charge in [0, 0.05) is 30.7 Å². The molecule has 10 heteroatoms. The zero-order chi connectivity index (χ0) is 20.2. The second-order valence-electron chi connectivity index (χ2n) is 6.51. The lowest BCUT2D eigenvalue weighted by molar-refractivity contribution is 0.0952. The number of carbonyl (C=O) groups excluding carboxylic acids is 1. The van der Waals surface area contributed by atoms with Gasteiger partial charge in [-0.25, -0.2) is 4.98 Å². The first-order valence-electron chi connectivity index (χ1n) is 9.28. The summed E-state index contributed by atoms with van der Waals surface area (Å²) < 4.78 is 6.56. The molecule has 8 nitrogen and oxygen atoms in total. The van der Waals surface area contributed by atoms with Crippen molar-refractivity contribution in [1.82, 2.24) is 19.9 Å². The molecule has 1 N–H and O–H groups in total. The van der Waals surface area contributed by atoms with Gasteiger partial charge in [-0.05, 0) is 30.4 Å². The molecule has 0 radical (unpaired) electrons. The van der Waals surface area contributed by atoms with Gasteiger partial charge in [-0.2, -0.15) is 4.52 Å². The maximum Gasteiger partial charge on any atom is 0.288 e. The van der Waals surface area contributed by atoms with Gasteiger partial charge < -0.3 is 15.0 Å². The van der Waals surface area contributed by atoms with Gasteiger partial charge in [-0.1, -0.05) is 23.5 Å². The van der Waals surface area contributed by atoms with E-state index in [0.717, 1.165) is 18.7 Å². The molecule has 1 amide bonds. The van der Waals surface area contributed by atoms with E-state index in [-0.39, 0.29) is 5.56 Å². The van der Waals surface area contributed by atoms with Gasteiger partial charge in [0.25, 0.3) is 11.5 Å². The quantitative estimate of drug-likeness (QED) is 0.594. The van der Waals surface area contributed by atoms with Crippen molar-refractivity contribution < 1.29 is 9.53 Å². The lowest BCUT2D eigenvalue weighted by atomic mass is 10.1. The Morgan fingerprint density at radius 2 is 2.03 bits per heavy atom. The Hall–Kier alpha value is -2.43. The minimum atomic E-state index is -0.451. The molecule has 1 aromatic carbocycles. The summed E-state index contributed by atoms with van der Waals surface area (Å²) >= 11 is 3.02. The molecule has 0 bridgehead atoms. The molecule has 0 spiro atoms. The molecule has 0 unspecified atom stereocenters. The van der Waals surface area contributed by atoms with Gasteiger partial charge in [0.15, 0.2) is 0 Å². The molecule has 152 valence electrons. The lowest BCUT2D eigenvalue weighted by Crippen LogP contribution is -2.36. The summed E-state index contributed by atoms with van der Waals surface area (Å²) in [5.41, 5.74) is 0.676. The van der Waals surface area contributed by atoms with Crippen LogP contribution in [-0.4, -0.2) is 59.6 Å². The third-order valence-electron chi connectivity index (χ3n) is 4.66. The van der Waals surface area contributed by atoms with Crippen molar-refractivity contribution in [2.24, 2.45) is 0 Å². The monoisotopic (exact) mass is 431 g/mol. The van der Waals surface area contributed by atoms with Crippen LogP contribution in [0.3, 0.4) is 0 Å². The molecule has 0 atom stereocenters. The van der Waals surface area contributed by atoms with Crippen molar-refractivity contribution in [2.45, 2.75) is 11.3 Å². The van der Waals surface area contributed by atoms with Crippen LogP contribution in [0, 0.1) is 0 Å². The predicted molar refractivity (Wildman–Crippen MR) is 114 cm³/mol. The minimum absolute atomic E-state index is 0.000872. The number of ether oxygens (including phenoxy) is 1. The summed E-state index contributed by atoms with van der Waals surface area (Å²) in [5.74, 6) is -0.432. The molecule has 2 aromatic heterocycles. The standard InChI is InChI=1S/C19H21N5O3S2/c1-28-14-4-2-13(3-5-14)6-7-20-16(25)15-12-21-18-24(17(15)26)22-19(29-18)23-8-10-27-11-9-23/h2-5,12H,6-11H2,1H3,(H,20,25). The summed E-state index contributed by atoms with van der Waals surface area (Å²) in [6.07, 6.45) is 4.06. The second-order valence-corrected chi connectivity index (χ2v) is 8.32. The fourth-order valence-corrected chi connectivity index (χ4v) is 4.34. The predicted octanol–water partition coefficient (Wildman–Crippen LogP) is 1.68. The number of nitrogens with one attached hydrogen (secondary N) is 1. The Kier molecular flexibility index (Phi) is 6.12. The van der Waals surface area contributed by atoms with Crippen LogP contribution in [0.15, 0.2) is 40.2 Å². The normalized spacial score (nSPS) is 14.3. The zero-order valence-electron chi connectivity index (χ0n) is 16.0. The number of thioether (sulfide) groups is 1. The summed E-state index contributed by atoms with van der Waals surface area (Å²) in [7, 11) is 0. The number of fused-ring (bicyclic) bond motifs is 1. The number of amides is 1. The maximum atomic E-state index is 12.7.